The summed E-state index contributed by atoms with van der Waals surface area (Å²) in [6.07, 6.45) is 1.60. The molecular formula is C14H18O2. The molecule has 0 amide bonds. The number of carbonyl (C=O) groups is 1. The molecule has 0 spiro atoms. The lowest BCUT2D eigenvalue weighted by Crippen LogP contribution is -2.09. The Balaban J connectivity index is 1.96. The SMILES string of the molecule is COc1ccc(CC(=O)C2CC2(C)C)cc1. The van der Waals surface area contributed by atoms with E-state index < -0.39 is 0 Å². The van der Waals surface area contributed by atoms with E-state index in [4.69, 9.17) is 4.74 Å². The molecule has 0 aliphatic heterocycles. The smallest absolute Gasteiger partial charge is 0.140 e. The second-order valence-electron chi connectivity index (χ2n) is 5.24. The van der Waals surface area contributed by atoms with Gasteiger partial charge in [-0.1, -0.05) is 26.0 Å². The summed E-state index contributed by atoms with van der Waals surface area (Å²) in [7, 11) is 1.65. The van der Waals surface area contributed by atoms with E-state index in [0.29, 0.717) is 12.2 Å². The maximum Gasteiger partial charge on any atom is 0.140 e. The number of Topliss-reactive ketones (excluding diaryl/α,β-unsaturated/α-hetero) is 1. The highest BCUT2D eigenvalue weighted by Crippen LogP contribution is 2.52. The predicted octanol–water partition coefficient (Wildman–Crippen LogP) is 2.85. The highest BCUT2D eigenvalue weighted by molar-refractivity contribution is 5.86. The van der Waals surface area contributed by atoms with Crippen LogP contribution in [-0.2, 0) is 11.2 Å². The zero-order valence-electron chi connectivity index (χ0n) is 10.1. The van der Waals surface area contributed by atoms with Gasteiger partial charge in [-0.2, -0.15) is 0 Å². The lowest BCUT2D eigenvalue weighted by atomic mass is 10.0. The first-order chi connectivity index (χ1) is 7.53. The Labute approximate surface area is 96.6 Å². The van der Waals surface area contributed by atoms with Crippen molar-refractivity contribution in [3.8, 4) is 5.75 Å². The third kappa shape index (κ3) is 2.26. The fourth-order valence-electron chi connectivity index (χ4n) is 2.08. The summed E-state index contributed by atoms with van der Waals surface area (Å²) in [5.41, 5.74) is 1.32. The van der Waals surface area contributed by atoms with E-state index >= 15 is 0 Å². The van der Waals surface area contributed by atoms with Gasteiger partial charge in [0.25, 0.3) is 0 Å². The molecule has 1 atom stereocenters. The van der Waals surface area contributed by atoms with Crippen LogP contribution in [0.2, 0.25) is 0 Å². The average molecular weight is 218 g/mol. The summed E-state index contributed by atoms with van der Waals surface area (Å²) in [6.45, 7) is 4.31. The summed E-state index contributed by atoms with van der Waals surface area (Å²) in [6, 6.07) is 7.74. The van der Waals surface area contributed by atoms with E-state index in [2.05, 4.69) is 13.8 Å². The fraction of sp³-hybridized carbons (Fsp3) is 0.500. The third-order valence-electron chi connectivity index (χ3n) is 3.44. The Morgan fingerprint density at radius 2 is 1.94 bits per heavy atom. The summed E-state index contributed by atoms with van der Waals surface area (Å²) >= 11 is 0. The molecule has 1 saturated carbocycles. The quantitative estimate of drug-likeness (QED) is 0.776. The molecule has 0 N–H and O–H groups in total. The lowest BCUT2D eigenvalue weighted by molar-refractivity contribution is -0.120. The zero-order valence-corrected chi connectivity index (χ0v) is 10.1. The summed E-state index contributed by atoms with van der Waals surface area (Å²) in [5.74, 6) is 1.48. The summed E-state index contributed by atoms with van der Waals surface area (Å²) in [4.78, 5) is 11.9. The van der Waals surface area contributed by atoms with Crippen molar-refractivity contribution in [3.63, 3.8) is 0 Å². The normalized spacial score (nSPS) is 21.6. The molecule has 1 aliphatic carbocycles. The fourth-order valence-corrected chi connectivity index (χ4v) is 2.08. The molecule has 0 radical (unpaired) electrons. The molecule has 1 aromatic carbocycles. The minimum absolute atomic E-state index is 0.240. The molecule has 1 unspecified atom stereocenters. The van der Waals surface area contributed by atoms with E-state index in [9.17, 15) is 4.79 Å². The van der Waals surface area contributed by atoms with Gasteiger partial charge in [-0.15, -0.1) is 0 Å². The Bertz CT molecular complexity index is 390. The third-order valence-corrected chi connectivity index (χ3v) is 3.44. The van der Waals surface area contributed by atoms with Gasteiger partial charge >= 0.3 is 0 Å². The molecule has 16 heavy (non-hydrogen) atoms. The maximum atomic E-state index is 11.9. The lowest BCUT2D eigenvalue weighted by Gasteiger charge is -2.04. The second kappa shape index (κ2) is 3.93. The number of hydrogen-bond donors (Lipinski definition) is 0. The van der Waals surface area contributed by atoms with Gasteiger partial charge in [0.15, 0.2) is 0 Å². The number of ether oxygens (including phenoxy) is 1. The first-order valence-electron chi connectivity index (χ1n) is 5.68. The van der Waals surface area contributed by atoms with Crippen LogP contribution >= 0.6 is 0 Å². The van der Waals surface area contributed by atoms with Crippen molar-refractivity contribution in [1.29, 1.82) is 0 Å². The first kappa shape index (κ1) is 11.2. The molecule has 0 bridgehead atoms. The Kier molecular flexibility index (Phi) is 2.75. The maximum absolute atomic E-state index is 11.9. The van der Waals surface area contributed by atoms with Gasteiger partial charge in [0.2, 0.25) is 0 Å². The standard InChI is InChI=1S/C14H18O2/c1-14(2)9-12(14)13(15)8-10-4-6-11(16-3)7-5-10/h4-7,12H,8-9H2,1-3H3. The molecule has 2 heteroatoms. The van der Waals surface area contributed by atoms with Gasteiger partial charge in [0.05, 0.1) is 7.11 Å². The van der Waals surface area contributed by atoms with E-state index in [-0.39, 0.29) is 11.3 Å². The summed E-state index contributed by atoms with van der Waals surface area (Å²) < 4.78 is 5.08. The van der Waals surface area contributed by atoms with Crippen LogP contribution in [0.3, 0.4) is 0 Å². The monoisotopic (exact) mass is 218 g/mol. The molecule has 1 fully saturated rings. The topological polar surface area (TPSA) is 26.3 Å². The molecule has 2 nitrogen and oxygen atoms in total. The van der Waals surface area contributed by atoms with E-state index in [1.54, 1.807) is 7.11 Å². The number of methoxy groups -OCH3 is 1. The van der Waals surface area contributed by atoms with Crippen molar-refractivity contribution >= 4 is 5.78 Å². The molecule has 1 aliphatic rings. The number of carbonyl (C=O) groups excluding carboxylic acids is 1. The van der Waals surface area contributed by atoms with Gasteiger partial charge in [-0.25, -0.2) is 0 Å². The van der Waals surface area contributed by atoms with Crippen LogP contribution in [0.5, 0.6) is 5.75 Å². The Morgan fingerprint density at radius 3 is 2.38 bits per heavy atom. The zero-order chi connectivity index (χ0) is 11.8. The average Bonchev–Trinajstić information content (AvgIpc) is 2.89. The highest BCUT2D eigenvalue weighted by Gasteiger charge is 2.49. The predicted molar refractivity (Wildman–Crippen MR) is 63.6 cm³/mol. The molecular weight excluding hydrogens is 200 g/mol. The number of rotatable bonds is 4. The van der Waals surface area contributed by atoms with Crippen molar-refractivity contribution < 1.29 is 9.53 Å². The van der Waals surface area contributed by atoms with Gasteiger partial charge in [0, 0.05) is 12.3 Å². The van der Waals surface area contributed by atoms with Gasteiger partial charge in [-0.3, -0.25) is 4.79 Å². The van der Waals surface area contributed by atoms with E-state index in [1.165, 1.54) is 0 Å². The summed E-state index contributed by atoms with van der Waals surface area (Å²) in [5, 5.41) is 0. The minimum Gasteiger partial charge on any atom is -0.497 e. The molecule has 0 saturated heterocycles. The second-order valence-corrected chi connectivity index (χ2v) is 5.24. The molecule has 0 heterocycles. The van der Waals surface area contributed by atoms with E-state index in [1.807, 2.05) is 24.3 Å². The highest BCUT2D eigenvalue weighted by atomic mass is 16.5. The van der Waals surface area contributed by atoms with Crippen molar-refractivity contribution in [2.24, 2.45) is 11.3 Å². The van der Waals surface area contributed by atoms with Crippen LogP contribution in [0.15, 0.2) is 24.3 Å². The van der Waals surface area contributed by atoms with Crippen LogP contribution in [-0.4, -0.2) is 12.9 Å². The van der Waals surface area contributed by atoms with Crippen LogP contribution < -0.4 is 4.74 Å². The van der Waals surface area contributed by atoms with Gasteiger partial charge in [0.1, 0.15) is 11.5 Å². The number of benzene rings is 1. The molecule has 1 aromatic rings. The van der Waals surface area contributed by atoms with Crippen molar-refractivity contribution in [2.45, 2.75) is 26.7 Å². The van der Waals surface area contributed by atoms with E-state index in [0.717, 1.165) is 17.7 Å². The van der Waals surface area contributed by atoms with Crippen LogP contribution in [0, 0.1) is 11.3 Å². The Morgan fingerprint density at radius 1 is 1.38 bits per heavy atom. The molecule has 0 aromatic heterocycles. The number of ketones is 1. The van der Waals surface area contributed by atoms with Crippen LogP contribution in [0.25, 0.3) is 0 Å². The largest absolute Gasteiger partial charge is 0.497 e. The molecule has 2 rings (SSSR count). The van der Waals surface area contributed by atoms with Gasteiger partial charge < -0.3 is 4.74 Å². The number of hydrogen-bond acceptors (Lipinski definition) is 2. The first-order valence-corrected chi connectivity index (χ1v) is 5.68. The van der Waals surface area contributed by atoms with Crippen LogP contribution in [0.1, 0.15) is 25.8 Å². The van der Waals surface area contributed by atoms with Crippen LogP contribution in [0.4, 0.5) is 0 Å². The molecule has 86 valence electrons. The van der Waals surface area contributed by atoms with Crippen molar-refractivity contribution in [3.05, 3.63) is 29.8 Å². The Hall–Kier alpha value is -1.31. The van der Waals surface area contributed by atoms with Gasteiger partial charge in [-0.05, 0) is 29.5 Å². The van der Waals surface area contributed by atoms with Crippen molar-refractivity contribution in [2.75, 3.05) is 7.11 Å². The minimum atomic E-state index is 0.240. The van der Waals surface area contributed by atoms with Crippen molar-refractivity contribution in [1.82, 2.24) is 0 Å².